The van der Waals surface area contributed by atoms with Crippen LogP contribution in [0.25, 0.3) is 5.03 Å². The molecule has 0 saturated heterocycles. The SMILES string of the molecule is COC(=O)/C=C/C(C(=O)c1ccccc1Cl)=C(/Cl)c1ccccc1. The lowest BCUT2D eigenvalue weighted by Gasteiger charge is -2.08. The fourth-order valence-electron chi connectivity index (χ4n) is 2.00. The summed E-state index contributed by atoms with van der Waals surface area (Å²) in [5.41, 5.74) is 1.11. The van der Waals surface area contributed by atoms with Crippen LogP contribution in [-0.4, -0.2) is 18.9 Å². The van der Waals surface area contributed by atoms with E-state index in [1.54, 1.807) is 48.5 Å². The molecule has 0 aromatic heterocycles. The minimum Gasteiger partial charge on any atom is -0.466 e. The lowest BCUT2D eigenvalue weighted by Crippen LogP contribution is -2.05. The summed E-state index contributed by atoms with van der Waals surface area (Å²) in [5, 5.41) is 0.532. The maximum atomic E-state index is 12.9. The summed E-state index contributed by atoms with van der Waals surface area (Å²) in [5.74, 6) is -0.966. The number of benzene rings is 2. The topological polar surface area (TPSA) is 43.4 Å². The Morgan fingerprint density at radius 2 is 1.58 bits per heavy atom. The molecular formula is C19H14Cl2O3. The van der Waals surface area contributed by atoms with Crippen molar-refractivity contribution in [2.75, 3.05) is 7.11 Å². The Kier molecular flexibility index (Phi) is 6.36. The van der Waals surface area contributed by atoms with Gasteiger partial charge in [-0.15, -0.1) is 0 Å². The molecule has 0 bridgehead atoms. The summed E-state index contributed by atoms with van der Waals surface area (Å²) < 4.78 is 4.57. The van der Waals surface area contributed by atoms with E-state index in [2.05, 4.69) is 4.74 Å². The Morgan fingerprint density at radius 3 is 2.21 bits per heavy atom. The zero-order chi connectivity index (χ0) is 17.5. The third kappa shape index (κ3) is 4.34. The molecule has 24 heavy (non-hydrogen) atoms. The summed E-state index contributed by atoms with van der Waals surface area (Å²) in [4.78, 5) is 24.2. The number of rotatable bonds is 5. The molecule has 122 valence electrons. The Labute approximate surface area is 150 Å². The lowest BCUT2D eigenvalue weighted by atomic mass is 10.00. The van der Waals surface area contributed by atoms with E-state index in [1.165, 1.54) is 13.2 Å². The van der Waals surface area contributed by atoms with Crippen molar-refractivity contribution >= 4 is 40.0 Å². The van der Waals surface area contributed by atoms with E-state index in [-0.39, 0.29) is 16.4 Å². The summed E-state index contributed by atoms with van der Waals surface area (Å²) in [6, 6.07) is 15.6. The molecule has 0 heterocycles. The van der Waals surface area contributed by atoms with Gasteiger partial charge in [-0.2, -0.15) is 0 Å². The van der Waals surface area contributed by atoms with Gasteiger partial charge in [-0.25, -0.2) is 4.79 Å². The van der Waals surface area contributed by atoms with E-state index in [1.807, 2.05) is 6.07 Å². The molecule has 0 fully saturated rings. The number of methoxy groups -OCH3 is 1. The van der Waals surface area contributed by atoms with E-state index < -0.39 is 5.97 Å². The number of hydrogen-bond donors (Lipinski definition) is 0. The summed E-state index contributed by atoms with van der Waals surface area (Å²) in [6.07, 6.45) is 2.49. The van der Waals surface area contributed by atoms with Crippen LogP contribution < -0.4 is 0 Å². The van der Waals surface area contributed by atoms with Crippen molar-refractivity contribution in [3.8, 4) is 0 Å². The summed E-state index contributed by atoms with van der Waals surface area (Å²) in [6.45, 7) is 0. The van der Waals surface area contributed by atoms with Crippen molar-refractivity contribution in [1.29, 1.82) is 0 Å². The fourth-order valence-corrected chi connectivity index (χ4v) is 2.49. The van der Waals surface area contributed by atoms with Crippen LogP contribution in [0.5, 0.6) is 0 Å². The van der Waals surface area contributed by atoms with Crippen LogP contribution >= 0.6 is 23.2 Å². The van der Waals surface area contributed by atoms with E-state index in [9.17, 15) is 9.59 Å². The highest BCUT2D eigenvalue weighted by molar-refractivity contribution is 6.52. The van der Waals surface area contributed by atoms with Gasteiger partial charge >= 0.3 is 5.97 Å². The number of hydrogen-bond acceptors (Lipinski definition) is 3. The fraction of sp³-hybridized carbons (Fsp3) is 0.0526. The van der Waals surface area contributed by atoms with E-state index in [4.69, 9.17) is 23.2 Å². The second-order valence-electron chi connectivity index (χ2n) is 4.76. The van der Waals surface area contributed by atoms with Crippen LogP contribution in [-0.2, 0) is 9.53 Å². The van der Waals surface area contributed by atoms with E-state index >= 15 is 0 Å². The molecule has 0 radical (unpaired) electrons. The van der Waals surface area contributed by atoms with Crippen molar-refractivity contribution in [3.05, 3.63) is 88.5 Å². The Bertz CT molecular complexity index is 808. The van der Waals surface area contributed by atoms with Gasteiger partial charge in [0.2, 0.25) is 0 Å². The highest BCUT2D eigenvalue weighted by Crippen LogP contribution is 2.28. The largest absolute Gasteiger partial charge is 0.466 e. The zero-order valence-electron chi connectivity index (χ0n) is 12.8. The van der Waals surface area contributed by atoms with E-state index in [0.717, 1.165) is 6.08 Å². The minimum atomic E-state index is -0.586. The number of ether oxygens (including phenoxy) is 1. The average molecular weight is 361 g/mol. The molecule has 0 atom stereocenters. The molecule has 0 amide bonds. The molecule has 3 nitrogen and oxygen atoms in total. The van der Waals surface area contributed by atoms with Gasteiger partial charge in [0.1, 0.15) is 0 Å². The first kappa shape index (κ1) is 18.0. The number of carbonyl (C=O) groups is 2. The van der Waals surface area contributed by atoms with Crippen molar-refractivity contribution in [2.24, 2.45) is 0 Å². The molecule has 2 aromatic rings. The summed E-state index contributed by atoms with van der Waals surface area (Å²) in [7, 11) is 1.25. The van der Waals surface area contributed by atoms with Gasteiger partial charge in [0.15, 0.2) is 5.78 Å². The van der Waals surface area contributed by atoms with E-state index in [0.29, 0.717) is 16.1 Å². The first-order chi connectivity index (χ1) is 11.5. The molecule has 0 N–H and O–H groups in total. The molecule has 0 unspecified atom stereocenters. The van der Waals surface area contributed by atoms with Crippen LogP contribution in [0.15, 0.2) is 72.3 Å². The first-order valence-electron chi connectivity index (χ1n) is 7.05. The third-order valence-corrected chi connectivity index (χ3v) is 3.97. The van der Waals surface area contributed by atoms with Gasteiger partial charge in [0.25, 0.3) is 0 Å². The monoisotopic (exact) mass is 360 g/mol. The predicted molar refractivity (Wildman–Crippen MR) is 96.2 cm³/mol. The Balaban J connectivity index is 2.55. The maximum absolute atomic E-state index is 12.9. The number of carbonyl (C=O) groups excluding carboxylic acids is 2. The Hall–Kier alpha value is -2.36. The number of allylic oxidation sites excluding steroid dienone is 2. The van der Waals surface area contributed by atoms with Gasteiger partial charge in [-0.3, -0.25) is 4.79 Å². The molecule has 0 saturated carbocycles. The first-order valence-corrected chi connectivity index (χ1v) is 7.80. The van der Waals surface area contributed by atoms with Crippen LogP contribution in [0.2, 0.25) is 5.02 Å². The smallest absolute Gasteiger partial charge is 0.330 e. The number of Topliss-reactive ketones (excluding diaryl/α,β-unsaturated/α-hetero) is 1. The molecule has 2 rings (SSSR count). The second kappa shape index (κ2) is 8.48. The van der Waals surface area contributed by atoms with Crippen molar-refractivity contribution in [1.82, 2.24) is 0 Å². The van der Waals surface area contributed by atoms with Crippen LogP contribution in [0.4, 0.5) is 0 Å². The standard InChI is InChI=1S/C19H14Cl2O3/c1-24-17(22)12-11-15(18(21)13-7-3-2-4-8-13)19(23)14-9-5-6-10-16(14)20/h2-12H,1H3/b12-11+,18-15-. The van der Waals surface area contributed by atoms with Crippen LogP contribution in [0.1, 0.15) is 15.9 Å². The average Bonchev–Trinajstić information content (AvgIpc) is 2.62. The molecule has 2 aromatic carbocycles. The van der Waals surface area contributed by atoms with Gasteiger partial charge < -0.3 is 4.74 Å². The quantitative estimate of drug-likeness (QED) is 0.329. The minimum absolute atomic E-state index is 0.154. The molecule has 0 aliphatic heterocycles. The molecular weight excluding hydrogens is 347 g/mol. The second-order valence-corrected chi connectivity index (χ2v) is 5.54. The molecule has 0 aliphatic carbocycles. The van der Waals surface area contributed by atoms with Gasteiger partial charge in [-0.1, -0.05) is 65.7 Å². The number of ketones is 1. The molecule has 5 heteroatoms. The van der Waals surface area contributed by atoms with Crippen LogP contribution in [0, 0.1) is 0 Å². The van der Waals surface area contributed by atoms with Crippen molar-refractivity contribution in [2.45, 2.75) is 0 Å². The maximum Gasteiger partial charge on any atom is 0.330 e. The van der Waals surface area contributed by atoms with Crippen LogP contribution in [0.3, 0.4) is 0 Å². The summed E-state index contributed by atoms with van der Waals surface area (Å²) >= 11 is 12.5. The van der Waals surface area contributed by atoms with Gasteiger partial charge in [0.05, 0.1) is 17.2 Å². The van der Waals surface area contributed by atoms with Crippen molar-refractivity contribution < 1.29 is 14.3 Å². The predicted octanol–water partition coefficient (Wildman–Crippen LogP) is 4.90. The van der Waals surface area contributed by atoms with Gasteiger partial charge in [0, 0.05) is 17.2 Å². The zero-order valence-corrected chi connectivity index (χ0v) is 14.3. The lowest BCUT2D eigenvalue weighted by molar-refractivity contribution is -0.134. The Morgan fingerprint density at radius 1 is 0.958 bits per heavy atom. The highest BCUT2D eigenvalue weighted by atomic mass is 35.5. The molecule has 0 spiro atoms. The highest BCUT2D eigenvalue weighted by Gasteiger charge is 2.18. The van der Waals surface area contributed by atoms with Gasteiger partial charge in [-0.05, 0) is 23.8 Å². The normalized spacial score (nSPS) is 12.0. The van der Waals surface area contributed by atoms with Crippen molar-refractivity contribution in [3.63, 3.8) is 0 Å². The number of esters is 1. The number of halogens is 2. The molecule has 0 aliphatic rings. The third-order valence-electron chi connectivity index (χ3n) is 3.21.